The largest absolute Gasteiger partial charge is 0.394 e. The third-order valence-electron chi connectivity index (χ3n) is 14.0. The zero-order chi connectivity index (χ0) is 45.6. The first-order chi connectivity index (χ1) is 31.2. The van der Waals surface area contributed by atoms with Gasteiger partial charge in [-0.2, -0.15) is 0 Å². The van der Waals surface area contributed by atoms with E-state index in [-0.39, 0.29) is 12.5 Å². The van der Waals surface area contributed by atoms with Crippen LogP contribution in [0.25, 0.3) is 0 Å². The van der Waals surface area contributed by atoms with Crippen LogP contribution >= 0.6 is 0 Å². The first-order valence-electron chi connectivity index (χ1n) is 29.4. The summed E-state index contributed by atoms with van der Waals surface area (Å²) >= 11 is 0. The number of hydrogen-bond donors (Lipinski definition) is 3. The van der Waals surface area contributed by atoms with Crippen LogP contribution in [0.5, 0.6) is 0 Å². The number of nitrogens with one attached hydrogen (secondary N) is 1. The molecule has 0 saturated carbocycles. The molecule has 0 saturated heterocycles. The van der Waals surface area contributed by atoms with Crippen molar-refractivity contribution in [3.05, 3.63) is 12.2 Å². The SMILES string of the molecule is CCCCCCCCCCCCCCCCCCCCCCCCCCCCCC/C=C/C(O)C(CO)NC(=O)CCCCCCCCCCCCCCCCCCCCCCC. The molecule has 2 atom stereocenters. The van der Waals surface area contributed by atoms with Gasteiger partial charge in [-0.1, -0.05) is 328 Å². The molecule has 0 aromatic rings. The fraction of sp³-hybridized carbons (Fsp3) is 0.949. The number of carbonyl (C=O) groups is 1. The normalized spacial score (nSPS) is 12.8. The molecule has 0 heterocycles. The van der Waals surface area contributed by atoms with Crippen LogP contribution in [0.15, 0.2) is 12.2 Å². The molecule has 0 radical (unpaired) electrons. The van der Waals surface area contributed by atoms with Gasteiger partial charge in [-0.15, -0.1) is 0 Å². The Kier molecular flexibility index (Phi) is 54.7. The number of aliphatic hydroxyl groups is 2. The first kappa shape index (κ1) is 62.1. The van der Waals surface area contributed by atoms with Crippen LogP contribution in [0, 0.1) is 0 Å². The van der Waals surface area contributed by atoms with Crippen molar-refractivity contribution in [2.45, 2.75) is 353 Å². The van der Waals surface area contributed by atoms with E-state index in [9.17, 15) is 15.0 Å². The fourth-order valence-corrected chi connectivity index (χ4v) is 9.54. The number of amides is 1. The number of rotatable bonds is 55. The average molecular weight is 889 g/mol. The minimum Gasteiger partial charge on any atom is -0.394 e. The maximum absolute atomic E-state index is 12.5. The molecular formula is C59H117NO3. The van der Waals surface area contributed by atoms with Crippen molar-refractivity contribution in [2.24, 2.45) is 0 Å². The van der Waals surface area contributed by atoms with Gasteiger partial charge in [0.2, 0.25) is 5.91 Å². The van der Waals surface area contributed by atoms with Crippen LogP contribution in [-0.2, 0) is 4.79 Å². The highest BCUT2D eigenvalue weighted by Crippen LogP contribution is 2.18. The molecule has 4 heteroatoms. The summed E-state index contributed by atoms with van der Waals surface area (Å²) in [6.45, 7) is 4.36. The Hall–Kier alpha value is -0.870. The molecule has 0 aliphatic heterocycles. The highest BCUT2D eigenvalue weighted by Gasteiger charge is 2.18. The molecule has 1 amide bonds. The Bertz CT molecular complexity index is 875. The van der Waals surface area contributed by atoms with Crippen LogP contribution in [-0.4, -0.2) is 34.9 Å². The van der Waals surface area contributed by atoms with Gasteiger partial charge in [-0.3, -0.25) is 4.79 Å². The summed E-state index contributed by atoms with van der Waals surface area (Å²) in [4.78, 5) is 12.5. The minimum absolute atomic E-state index is 0.0555. The average Bonchev–Trinajstić information content (AvgIpc) is 3.29. The van der Waals surface area contributed by atoms with Crippen molar-refractivity contribution < 1.29 is 15.0 Å². The number of aliphatic hydroxyl groups excluding tert-OH is 2. The number of carbonyl (C=O) groups excluding carboxylic acids is 1. The lowest BCUT2D eigenvalue weighted by Crippen LogP contribution is -2.45. The molecule has 0 fully saturated rings. The van der Waals surface area contributed by atoms with Crippen LogP contribution < -0.4 is 5.32 Å². The summed E-state index contributed by atoms with van der Waals surface area (Å²) in [7, 11) is 0. The summed E-state index contributed by atoms with van der Waals surface area (Å²) in [5, 5.41) is 23.2. The van der Waals surface area contributed by atoms with Crippen LogP contribution in [0.4, 0.5) is 0 Å². The van der Waals surface area contributed by atoms with Crippen molar-refractivity contribution >= 4 is 5.91 Å². The summed E-state index contributed by atoms with van der Waals surface area (Å²) in [5.41, 5.74) is 0. The fourth-order valence-electron chi connectivity index (χ4n) is 9.54. The Balaban J connectivity index is 3.43. The maximum atomic E-state index is 12.5. The second kappa shape index (κ2) is 55.5. The smallest absolute Gasteiger partial charge is 0.220 e. The zero-order valence-corrected chi connectivity index (χ0v) is 43.4. The Morgan fingerprint density at radius 1 is 0.365 bits per heavy atom. The summed E-state index contributed by atoms with van der Waals surface area (Å²) in [5.74, 6) is -0.0555. The first-order valence-corrected chi connectivity index (χ1v) is 29.4. The number of hydrogen-bond acceptors (Lipinski definition) is 3. The van der Waals surface area contributed by atoms with E-state index in [4.69, 9.17) is 0 Å². The zero-order valence-electron chi connectivity index (χ0n) is 43.4. The molecule has 0 aliphatic carbocycles. The second-order valence-electron chi connectivity index (χ2n) is 20.4. The Labute approximate surface area is 397 Å². The van der Waals surface area contributed by atoms with E-state index in [1.807, 2.05) is 6.08 Å². The topological polar surface area (TPSA) is 69.6 Å². The molecule has 0 rings (SSSR count). The molecule has 2 unspecified atom stereocenters. The van der Waals surface area contributed by atoms with Crippen molar-refractivity contribution in [1.29, 1.82) is 0 Å². The van der Waals surface area contributed by atoms with Crippen molar-refractivity contribution in [3.8, 4) is 0 Å². The molecular weight excluding hydrogens is 771 g/mol. The van der Waals surface area contributed by atoms with Crippen LogP contribution in [0.1, 0.15) is 341 Å². The molecule has 0 bridgehead atoms. The maximum Gasteiger partial charge on any atom is 0.220 e. The van der Waals surface area contributed by atoms with Gasteiger partial charge in [0, 0.05) is 6.42 Å². The lowest BCUT2D eigenvalue weighted by Gasteiger charge is -2.20. The minimum atomic E-state index is -0.836. The molecule has 3 N–H and O–H groups in total. The standard InChI is InChI=1S/C59H117NO3/c1-3-5-7-9-11-13-15-17-19-21-23-25-26-27-28-29-30-31-32-33-35-36-38-40-42-44-46-48-50-52-54-58(62)57(56-61)60-59(63)55-53-51-49-47-45-43-41-39-37-34-24-22-20-18-16-14-12-10-8-6-4-2/h52,54,57-58,61-62H,3-51,53,55-56H2,1-2H3,(H,60,63)/b54-52+. The van der Waals surface area contributed by atoms with Gasteiger partial charge in [0.15, 0.2) is 0 Å². The lowest BCUT2D eigenvalue weighted by molar-refractivity contribution is -0.123. The van der Waals surface area contributed by atoms with Gasteiger partial charge in [-0.05, 0) is 19.3 Å². The van der Waals surface area contributed by atoms with Crippen LogP contribution in [0.3, 0.4) is 0 Å². The molecule has 0 spiro atoms. The number of unbranched alkanes of at least 4 members (excludes halogenated alkanes) is 48. The monoisotopic (exact) mass is 888 g/mol. The highest BCUT2D eigenvalue weighted by atomic mass is 16.3. The molecule has 376 valence electrons. The van der Waals surface area contributed by atoms with Gasteiger partial charge in [-0.25, -0.2) is 0 Å². The molecule has 0 aliphatic rings. The van der Waals surface area contributed by atoms with Gasteiger partial charge in [0.1, 0.15) is 0 Å². The van der Waals surface area contributed by atoms with Gasteiger partial charge >= 0.3 is 0 Å². The van der Waals surface area contributed by atoms with E-state index in [0.717, 1.165) is 25.7 Å². The Morgan fingerprint density at radius 2 is 0.587 bits per heavy atom. The summed E-state index contributed by atoms with van der Waals surface area (Å²) in [6.07, 6.45) is 72.5. The van der Waals surface area contributed by atoms with Gasteiger partial charge in [0.05, 0.1) is 18.8 Å². The summed E-state index contributed by atoms with van der Waals surface area (Å²) < 4.78 is 0. The third kappa shape index (κ3) is 52.0. The third-order valence-corrected chi connectivity index (χ3v) is 14.0. The van der Waals surface area contributed by atoms with Crippen molar-refractivity contribution in [3.63, 3.8) is 0 Å². The molecule has 63 heavy (non-hydrogen) atoms. The van der Waals surface area contributed by atoms with Crippen molar-refractivity contribution in [2.75, 3.05) is 6.61 Å². The molecule has 0 aromatic carbocycles. The van der Waals surface area contributed by atoms with Crippen molar-refractivity contribution in [1.82, 2.24) is 5.32 Å². The number of allylic oxidation sites excluding steroid dienone is 1. The second-order valence-corrected chi connectivity index (χ2v) is 20.4. The van der Waals surface area contributed by atoms with E-state index >= 15 is 0 Å². The van der Waals surface area contributed by atoms with Gasteiger partial charge < -0.3 is 15.5 Å². The van der Waals surface area contributed by atoms with Crippen LogP contribution in [0.2, 0.25) is 0 Å². The molecule has 0 aromatic heterocycles. The van der Waals surface area contributed by atoms with E-state index in [0.29, 0.717) is 6.42 Å². The summed E-state index contributed by atoms with van der Waals surface area (Å²) in [6, 6.07) is -0.618. The van der Waals surface area contributed by atoms with E-state index in [1.165, 1.54) is 295 Å². The van der Waals surface area contributed by atoms with E-state index < -0.39 is 12.1 Å². The van der Waals surface area contributed by atoms with E-state index in [2.05, 4.69) is 19.2 Å². The predicted octanol–water partition coefficient (Wildman–Crippen LogP) is 19.3. The quantitative estimate of drug-likeness (QED) is 0.0421. The highest BCUT2D eigenvalue weighted by molar-refractivity contribution is 5.76. The Morgan fingerprint density at radius 3 is 0.825 bits per heavy atom. The predicted molar refractivity (Wildman–Crippen MR) is 281 cm³/mol. The lowest BCUT2D eigenvalue weighted by atomic mass is 10.0. The molecule has 4 nitrogen and oxygen atoms in total. The van der Waals surface area contributed by atoms with E-state index in [1.54, 1.807) is 6.08 Å². The van der Waals surface area contributed by atoms with Gasteiger partial charge in [0.25, 0.3) is 0 Å².